The minimum atomic E-state index is -0.531. The molecule has 4 N–H and O–H groups in total. The van der Waals surface area contributed by atoms with Crippen molar-refractivity contribution in [2.24, 2.45) is 5.92 Å². The van der Waals surface area contributed by atoms with Crippen LogP contribution in [0.25, 0.3) is 5.70 Å². The van der Waals surface area contributed by atoms with Crippen LogP contribution in [0.1, 0.15) is 92.3 Å². The number of carbonyl (C=O) groups excluding carboxylic acids is 1. The highest BCUT2D eigenvalue weighted by molar-refractivity contribution is 5.98. The molecule has 0 aromatic heterocycles. The molecular formula is C33H45N5O2. The number of anilines is 2. The molecule has 1 saturated carbocycles. The number of hydrogen-bond donors (Lipinski definition) is 3. The van der Waals surface area contributed by atoms with Crippen molar-refractivity contribution in [3.05, 3.63) is 58.7 Å². The van der Waals surface area contributed by atoms with E-state index in [0.29, 0.717) is 42.7 Å². The number of carbonyl (C=O) groups is 1. The van der Waals surface area contributed by atoms with Crippen LogP contribution < -0.4 is 20.7 Å². The van der Waals surface area contributed by atoms with Crippen LogP contribution in [-0.2, 0) is 0 Å². The maximum Gasteiger partial charge on any atom is 0.253 e. The maximum absolute atomic E-state index is 13.4. The van der Waals surface area contributed by atoms with Gasteiger partial charge in [-0.3, -0.25) is 4.79 Å². The zero-order chi connectivity index (χ0) is 28.3. The zero-order valence-electron chi connectivity index (χ0n) is 24.4. The van der Waals surface area contributed by atoms with Gasteiger partial charge < -0.3 is 31.0 Å². The summed E-state index contributed by atoms with van der Waals surface area (Å²) in [6, 6.07) is 10.2. The number of nitrogens with two attached hydrogens (primary N) is 1. The molecule has 2 aromatic rings. The minimum absolute atomic E-state index is 0.0223. The average Bonchev–Trinajstić information content (AvgIpc) is 3.80. The predicted octanol–water partition coefficient (Wildman–Crippen LogP) is 6.35. The minimum Gasteiger partial charge on any atom is -0.467 e. The third kappa shape index (κ3) is 5.98. The van der Waals surface area contributed by atoms with Gasteiger partial charge in [0.05, 0.1) is 0 Å². The summed E-state index contributed by atoms with van der Waals surface area (Å²) in [6.07, 6.45) is 12.2. The van der Waals surface area contributed by atoms with Crippen molar-refractivity contribution < 1.29 is 9.53 Å². The van der Waals surface area contributed by atoms with Gasteiger partial charge in [0.1, 0.15) is 5.75 Å². The Labute approximate surface area is 239 Å². The standard InChI is InChI=1S/C33H45N5O2/c1-4-6-7-29-28-21-27(37(15-5-2)16-12-24-8-9-24)10-11-30(28)40-33(36-29)13-17-38(18-14-33)32(39)25-19-23(3)31(35)26(20-25)22-34/h7,10-11,19-22,24,34,36H,4-6,8-9,12-18,35H2,1-3H3/b29-7+,34-22?. The first-order valence-corrected chi connectivity index (χ1v) is 15.1. The molecule has 5 rings (SSSR count). The molecule has 40 heavy (non-hydrogen) atoms. The van der Waals surface area contributed by atoms with E-state index >= 15 is 0 Å². The Bertz CT molecular complexity index is 1270. The van der Waals surface area contributed by atoms with Crippen LogP contribution >= 0.6 is 0 Å². The third-order valence-electron chi connectivity index (χ3n) is 8.60. The van der Waals surface area contributed by atoms with E-state index in [1.807, 2.05) is 17.9 Å². The summed E-state index contributed by atoms with van der Waals surface area (Å²) in [5.41, 5.74) is 11.6. The monoisotopic (exact) mass is 543 g/mol. The van der Waals surface area contributed by atoms with Crippen molar-refractivity contribution in [2.45, 2.75) is 77.9 Å². The molecule has 2 heterocycles. The number of nitrogen functional groups attached to an aromatic ring is 1. The number of allylic oxidation sites excluding steroid dienone is 1. The Balaban J connectivity index is 1.34. The van der Waals surface area contributed by atoms with E-state index in [0.717, 1.165) is 60.8 Å². The Hall–Kier alpha value is -3.48. The van der Waals surface area contributed by atoms with Gasteiger partial charge in [0.25, 0.3) is 5.91 Å². The molecule has 0 atom stereocenters. The third-order valence-corrected chi connectivity index (χ3v) is 8.60. The second-order valence-electron chi connectivity index (χ2n) is 11.8. The predicted molar refractivity (Wildman–Crippen MR) is 164 cm³/mol. The van der Waals surface area contributed by atoms with Gasteiger partial charge in [0.2, 0.25) is 0 Å². The Kier molecular flexibility index (Phi) is 8.38. The summed E-state index contributed by atoms with van der Waals surface area (Å²) in [7, 11) is 0. The summed E-state index contributed by atoms with van der Waals surface area (Å²) in [6.45, 7) is 9.70. The van der Waals surface area contributed by atoms with E-state index in [1.165, 1.54) is 31.2 Å². The summed E-state index contributed by atoms with van der Waals surface area (Å²) >= 11 is 0. The van der Waals surface area contributed by atoms with Crippen LogP contribution in [0.4, 0.5) is 11.4 Å². The van der Waals surface area contributed by atoms with E-state index in [-0.39, 0.29) is 5.91 Å². The number of ether oxygens (including phenoxy) is 1. The quantitative estimate of drug-likeness (QED) is 0.240. The number of unbranched alkanes of at least 4 members (excludes halogenated alkanes) is 1. The van der Waals surface area contributed by atoms with Crippen molar-refractivity contribution in [2.75, 3.05) is 36.8 Å². The van der Waals surface area contributed by atoms with Gasteiger partial charge in [-0.25, -0.2) is 0 Å². The van der Waals surface area contributed by atoms with Crippen LogP contribution in [-0.4, -0.2) is 48.9 Å². The molecule has 2 fully saturated rings. The van der Waals surface area contributed by atoms with Crippen LogP contribution in [0, 0.1) is 18.3 Å². The number of aryl methyl sites for hydroxylation is 1. The molecule has 2 aromatic carbocycles. The van der Waals surface area contributed by atoms with Gasteiger partial charge >= 0.3 is 0 Å². The van der Waals surface area contributed by atoms with E-state index in [9.17, 15) is 4.79 Å². The van der Waals surface area contributed by atoms with E-state index in [4.69, 9.17) is 15.9 Å². The van der Waals surface area contributed by atoms with Gasteiger partial charge in [-0.15, -0.1) is 0 Å². The van der Waals surface area contributed by atoms with Gasteiger partial charge in [-0.1, -0.05) is 39.2 Å². The summed E-state index contributed by atoms with van der Waals surface area (Å²) < 4.78 is 6.72. The fourth-order valence-corrected chi connectivity index (χ4v) is 5.95. The molecule has 2 aliphatic heterocycles. The lowest BCUT2D eigenvalue weighted by Gasteiger charge is -2.46. The smallest absolute Gasteiger partial charge is 0.253 e. The molecular weight excluding hydrogens is 498 g/mol. The first-order valence-electron chi connectivity index (χ1n) is 15.1. The van der Waals surface area contributed by atoms with Crippen molar-refractivity contribution in [3.8, 4) is 5.75 Å². The number of rotatable bonds is 10. The number of hydrogen-bond acceptors (Lipinski definition) is 6. The normalized spacial score (nSPS) is 18.7. The SMILES string of the molecule is CCC/C=C1/NC2(CCN(C(=O)c3cc(C)c(N)c(C=N)c3)CC2)Oc2ccc(N(CCC)CCC3CC3)cc21. The van der Waals surface area contributed by atoms with E-state index < -0.39 is 5.72 Å². The van der Waals surface area contributed by atoms with Crippen LogP contribution in [0.2, 0.25) is 0 Å². The van der Waals surface area contributed by atoms with Crippen LogP contribution in [0.3, 0.4) is 0 Å². The van der Waals surface area contributed by atoms with Crippen molar-refractivity contribution in [1.82, 2.24) is 10.2 Å². The molecule has 0 unspecified atom stereocenters. The summed E-state index contributed by atoms with van der Waals surface area (Å²) in [5, 5.41) is 11.4. The van der Waals surface area contributed by atoms with Crippen LogP contribution in [0.5, 0.6) is 5.75 Å². The summed E-state index contributed by atoms with van der Waals surface area (Å²) in [4.78, 5) is 17.8. The molecule has 1 spiro atoms. The van der Waals surface area contributed by atoms with E-state index in [2.05, 4.69) is 48.3 Å². The van der Waals surface area contributed by atoms with Gasteiger partial charge in [-0.2, -0.15) is 0 Å². The van der Waals surface area contributed by atoms with Gasteiger partial charge in [0, 0.05) is 79.0 Å². The largest absolute Gasteiger partial charge is 0.467 e. The zero-order valence-corrected chi connectivity index (χ0v) is 24.4. The summed E-state index contributed by atoms with van der Waals surface area (Å²) in [5.74, 6) is 1.82. The number of likely N-dealkylation sites (tertiary alicyclic amines) is 1. The topological polar surface area (TPSA) is 94.7 Å². The highest BCUT2D eigenvalue weighted by Gasteiger charge is 2.42. The molecule has 1 amide bonds. The lowest BCUT2D eigenvalue weighted by molar-refractivity contribution is -0.0146. The number of fused-ring (bicyclic) bond motifs is 1. The highest BCUT2D eigenvalue weighted by Crippen LogP contribution is 2.41. The van der Waals surface area contributed by atoms with Gasteiger partial charge in [0.15, 0.2) is 5.72 Å². The molecule has 1 saturated heterocycles. The van der Waals surface area contributed by atoms with Crippen molar-refractivity contribution in [1.29, 1.82) is 5.41 Å². The maximum atomic E-state index is 13.4. The molecule has 3 aliphatic rings. The second-order valence-corrected chi connectivity index (χ2v) is 11.8. The average molecular weight is 544 g/mol. The number of piperidine rings is 1. The second kappa shape index (κ2) is 11.9. The molecule has 7 heteroatoms. The number of nitrogens with zero attached hydrogens (tertiary/aromatic N) is 2. The van der Waals surface area contributed by atoms with Crippen LogP contribution in [0.15, 0.2) is 36.4 Å². The van der Waals surface area contributed by atoms with Gasteiger partial charge in [-0.05, 0) is 68.0 Å². The fourth-order valence-electron chi connectivity index (χ4n) is 5.95. The van der Waals surface area contributed by atoms with E-state index in [1.54, 1.807) is 6.07 Å². The Morgan fingerprint density at radius 3 is 2.62 bits per heavy atom. The first kappa shape index (κ1) is 28.1. The Morgan fingerprint density at radius 1 is 1.18 bits per heavy atom. The Morgan fingerprint density at radius 2 is 1.95 bits per heavy atom. The lowest BCUT2D eigenvalue weighted by atomic mass is 9.94. The molecule has 214 valence electrons. The molecule has 0 radical (unpaired) electrons. The van der Waals surface area contributed by atoms with Crippen molar-refractivity contribution >= 4 is 29.2 Å². The number of amides is 1. The van der Waals surface area contributed by atoms with Crippen molar-refractivity contribution in [3.63, 3.8) is 0 Å². The highest BCUT2D eigenvalue weighted by atomic mass is 16.5. The first-order chi connectivity index (χ1) is 19.4. The molecule has 7 nitrogen and oxygen atoms in total. The fraction of sp³-hybridized carbons (Fsp3) is 0.515. The molecule has 0 bridgehead atoms. The number of nitrogens with one attached hydrogen (secondary N) is 2. The lowest BCUT2D eigenvalue weighted by Crippen LogP contribution is -2.58. The molecule has 1 aliphatic carbocycles. The number of benzene rings is 2.